The van der Waals surface area contributed by atoms with Crippen molar-refractivity contribution in [2.24, 2.45) is 0 Å². The van der Waals surface area contributed by atoms with Gasteiger partial charge in [-0.1, -0.05) is 54.7 Å². The van der Waals surface area contributed by atoms with Crippen molar-refractivity contribution in [3.63, 3.8) is 0 Å². The van der Waals surface area contributed by atoms with Crippen molar-refractivity contribution in [1.29, 1.82) is 0 Å². The number of amides is 1. The monoisotopic (exact) mass is 408 g/mol. The Morgan fingerprint density at radius 3 is 2.48 bits per heavy atom. The zero-order chi connectivity index (χ0) is 20.2. The van der Waals surface area contributed by atoms with Crippen LogP contribution in [0.4, 0.5) is 5.13 Å². The summed E-state index contributed by atoms with van der Waals surface area (Å²) >= 11 is 1.55. The number of hydrogen-bond donors (Lipinski definition) is 0. The molecule has 8 heteroatoms. The van der Waals surface area contributed by atoms with Crippen molar-refractivity contribution in [1.82, 2.24) is 24.9 Å². The van der Waals surface area contributed by atoms with Gasteiger partial charge >= 0.3 is 0 Å². The molecule has 29 heavy (non-hydrogen) atoms. The molecule has 0 spiro atoms. The number of hydrogen-bond acceptors (Lipinski definition) is 6. The quantitative estimate of drug-likeness (QED) is 0.447. The molecule has 0 atom stereocenters. The van der Waals surface area contributed by atoms with Crippen LogP contribution in [0, 0.1) is 0 Å². The average molecular weight is 409 g/mol. The minimum Gasteiger partial charge on any atom is -0.302 e. The summed E-state index contributed by atoms with van der Waals surface area (Å²) < 4.78 is 2.74. The minimum absolute atomic E-state index is 0.0353. The second-order valence-electron chi connectivity index (χ2n) is 6.77. The first-order valence-corrected chi connectivity index (χ1v) is 10.7. The third kappa shape index (κ3) is 4.13. The van der Waals surface area contributed by atoms with E-state index in [0.29, 0.717) is 6.54 Å². The van der Waals surface area contributed by atoms with E-state index in [1.165, 1.54) is 0 Å². The molecule has 0 unspecified atom stereocenters. The van der Waals surface area contributed by atoms with Crippen molar-refractivity contribution in [2.75, 3.05) is 31.1 Å². The molecule has 2 heterocycles. The summed E-state index contributed by atoms with van der Waals surface area (Å²) in [7, 11) is 0. The van der Waals surface area contributed by atoms with Crippen molar-refractivity contribution in [2.45, 2.75) is 20.4 Å². The SMILES string of the molecule is CCN(CC)CCN(C(=O)Cn1nnc2ccccc21)c1nc2ccccc2s1. The highest BCUT2D eigenvalue weighted by molar-refractivity contribution is 7.22. The largest absolute Gasteiger partial charge is 0.302 e. The van der Waals surface area contributed by atoms with Crippen LogP contribution >= 0.6 is 11.3 Å². The Bertz CT molecular complexity index is 1080. The summed E-state index contributed by atoms with van der Waals surface area (Å²) in [5, 5.41) is 9.06. The van der Waals surface area contributed by atoms with E-state index in [9.17, 15) is 4.79 Å². The molecule has 4 aromatic rings. The summed E-state index contributed by atoms with van der Waals surface area (Å²) in [5.74, 6) is -0.0353. The Labute approximate surface area is 173 Å². The molecule has 7 nitrogen and oxygen atoms in total. The lowest BCUT2D eigenvalue weighted by atomic mass is 10.3. The topological polar surface area (TPSA) is 67.2 Å². The van der Waals surface area contributed by atoms with Crippen LogP contribution in [0.3, 0.4) is 0 Å². The third-order valence-electron chi connectivity index (χ3n) is 5.05. The second kappa shape index (κ2) is 8.67. The summed E-state index contributed by atoms with van der Waals surface area (Å²) in [6.07, 6.45) is 0. The molecule has 0 saturated carbocycles. The smallest absolute Gasteiger partial charge is 0.250 e. The number of rotatable bonds is 8. The predicted molar refractivity (Wildman–Crippen MR) is 117 cm³/mol. The van der Waals surface area contributed by atoms with Gasteiger partial charge in [-0.15, -0.1) is 5.10 Å². The Morgan fingerprint density at radius 2 is 1.72 bits per heavy atom. The van der Waals surface area contributed by atoms with Crippen LogP contribution in [0.5, 0.6) is 0 Å². The molecular weight excluding hydrogens is 384 g/mol. The molecule has 0 bridgehead atoms. The molecule has 0 aliphatic heterocycles. The van der Waals surface area contributed by atoms with Crippen molar-refractivity contribution >= 4 is 43.6 Å². The van der Waals surface area contributed by atoms with E-state index in [4.69, 9.17) is 4.98 Å². The van der Waals surface area contributed by atoms with Gasteiger partial charge in [0.05, 0.1) is 15.7 Å². The van der Waals surface area contributed by atoms with E-state index < -0.39 is 0 Å². The lowest BCUT2D eigenvalue weighted by Gasteiger charge is -2.24. The molecule has 0 radical (unpaired) electrons. The highest BCUT2D eigenvalue weighted by Gasteiger charge is 2.22. The molecule has 0 aliphatic carbocycles. The molecular formula is C21H24N6OS. The molecule has 2 aromatic carbocycles. The van der Waals surface area contributed by atoms with Crippen LogP contribution in [0.1, 0.15) is 13.8 Å². The van der Waals surface area contributed by atoms with Gasteiger partial charge in [-0.05, 0) is 37.4 Å². The summed E-state index contributed by atoms with van der Waals surface area (Å²) in [4.78, 5) is 22.1. The first-order chi connectivity index (χ1) is 14.2. The maximum Gasteiger partial charge on any atom is 0.250 e. The van der Waals surface area contributed by atoms with Gasteiger partial charge in [0.15, 0.2) is 5.13 Å². The fourth-order valence-electron chi connectivity index (χ4n) is 3.33. The maximum atomic E-state index is 13.3. The number of fused-ring (bicyclic) bond motifs is 2. The molecule has 0 aliphatic rings. The first kappa shape index (κ1) is 19.5. The van der Waals surface area contributed by atoms with Gasteiger partial charge in [0.1, 0.15) is 12.1 Å². The van der Waals surface area contributed by atoms with Gasteiger partial charge in [0.2, 0.25) is 0 Å². The van der Waals surface area contributed by atoms with Crippen LogP contribution in [0.2, 0.25) is 0 Å². The van der Waals surface area contributed by atoms with E-state index in [1.54, 1.807) is 20.9 Å². The molecule has 1 amide bonds. The van der Waals surface area contributed by atoms with E-state index in [-0.39, 0.29) is 12.5 Å². The molecule has 0 N–H and O–H groups in total. The van der Waals surface area contributed by atoms with Gasteiger partial charge in [-0.2, -0.15) is 0 Å². The maximum absolute atomic E-state index is 13.3. The lowest BCUT2D eigenvalue weighted by molar-refractivity contribution is -0.119. The Hall–Kier alpha value is -2.84. The van der Waals surface area contributed by atoms with Gasteiger partial charge in [-0.25, -0.2) is 9.67 Å². The fraction of sp³-hybridized carbons (Fsp3) is 0.333. The van der Waals surface area contributed by atoms with Crippen LogP contribution < -0.4 is 4.90 Å². The lowest BCUT2D eigenvalue weighted by Crippen LogP contribution is -2.40. The molecule has 4 rings (SSSR count). The van der Waals surface area contributed by atoms with Gasteiger partial charge in [0, 0.05) is 13.1 Å². The minimum atomic E-state index is -0.0353. The highest BCUT2D eigenvalue weighted by atomic mass is 32.1. The zero-order valence-corrected chi connectivity index (χ0v) is 17.5. The third-order valence-corrected chi connectivity index (χ3v) is 6.11. The fourth-order valence-corrected chi connectivity index (χ4v) is 4.34. The van der Waals surface area contributed by atoms with Crippen LogP contribution in [-0.2, 0) is 11.3 Å². The van der Waals surface area contributed by atoms with Crippen molar-refractivity contribution < 1.29 is 4.79 Å². The average Bonchev–Trinajstić information content (AvgIpc) is 3.35. The highest BCUT2D eigenvalue weighted by Crippen LogP contribution is 2.29. The molecule has 2 aromatic heterocycles. The summed E-state index contributed by atoms with van der Waals surface area (Å²) in [5.41, 5.74) is 2.56. The summed E-state index contributed by atoms with van der Waals surface area (Å²) in [6.45, 7) is 7.69. The van der Waals surface area contributed by atoms with E-state index in [0.717, 1.165) is 46.0 Å². The van der Waals surface area contributed by atoms with Crippen LogP contribution in [0.25, 0.3) is 21.3 Å². The zero-order valence-electron chi connectivity index (χ0n) is 16.7. The Balaban J connectivity index is 1.62. The normalized spacial score (nSPS) is 11.6. The standard InChI is InChI=1S/C21H24N6OS/c1-3-25(4-2)13-14-26(21-22-17-10-6-8-12-19(17)29-21)20(28)15-27-18-11-7-5-9-16(18)23-24-27/h5-12H,3-4,13-15H2,1-2H3. The Kier molecular flexibility index (Phi) is 5.82. The van der Waals surface area contributed by atoms with E-state index in [2.05, 4.69) is 29.1 Å². The van der Waals surface area contributed by atoms with Crippen LogP contribution in [-0.4, -0.2) is 57.0 Å². The van der Waals surface area contributed by atoms with Gasteiger partial charge in [0.25, 0.3) is 5.91 Å². The number of anilines is 1. The number of nitrogens with zero attached hydrogens (tertiary/aromatic N) is 6. The number of thiazole rings is 1. The molecule has 0 saturated heterocycles. The van der Waals surface area contributed by atoms with Crippen molar-refractivity contribution in [3.8, 4) is 0 Å². The first-order valence-electron chi connectivity index (χ1n) is 9.86. The number of carbonyl (C=O) groups is 1. The predicted octanol–water partition coefficient (Wildman–Crippen LogP) is 3.42. The molecule has 150 valence electrons. The Morgan fingerprint density at radius 1 is 1.00 bits per heavy atom. The second-order valence-corrected chi connectivity index (χ2v) is 7.78. The van der Waals surface area contributed by atoms with Crippen LogP contribution in [0.15, 0.2) is 48.5 Å². The van der Waals surface area contributed by atoms with Gasteiger partial charge < -0.3 is 4.90 Å². The number of carbonyl (C=O) groups excluding carboxylic acids is 1. The number of likely N-dealkylation sites (N-methyl/N-ethyl adjacent to an activating group) is 1. The number of para-hydroxylation sites is 2. The van der Waals surface area contributed by atoms with Gasteiger partial charge in [-0.3, -0.25) is 9.69 Å². The number of aromatic nitrogens is 4. The summed E-state index contributed by atoms with van der Waals surface area (Å²) in [6, 6.07) is 15.7. The molecule has 0 fully saturated rings. The van der Waals surface area contributed by atoms with E-state index in [1.807, 2.05) is 48.5 Å². The van der Waals surface area contributed by atoms with Crippen molar-refractivity contribution in [3.05, 3.63) is 48.5 Å². The number of benzene rings is 2. The van der Waals surface area contributed by atoms with E-state index >= 15 is 0 Å².